The zero-order valence-electron chi connectivity index (χ0n) is 13.5. The molecule has 1 saturated heterocycles. The van der Waals surface area contributed by atoms with Gasteiger partial charge in [0.15, 0.2) is 0 Å². The Labute approximate surface area is 142 Å². The van der Waals surface area contributed by atoms with Crippen LogP contribution in [0, 0.1) is 13.8 Å². The van der Waals surface area contributed by atoms with Gasteiger partial charge in [-0.1, -0.05) is 18.2 Å². The van der Waals surface area contributed by atoms with E-state index in [0.717, 1.165) is 30.0 Å². The van der Waals surface area contributed by atoms with Crippen LogP contribution < -0.4 is 10.6 Å². The molecule has 1 aromatic heterocycles. The first-order chi connectivity index (χ1) is 10.7. The third kappa shape index (κ3) is 3.74. The lowest BCUT2D eigenvalue weighted by Crippen LogP contribution is -2.37. The van der Waals surface area contributed by atoms with E-state index in [0.29, 0.717) is 18.2 Å². The number of aryl methyl sites for hydroxylation is 1. The minimum Gasteiger partial charge on any atom is -0.350 e. The summed E-state index contributed by atoms with van der Waals surface area (Å²) in [5.74, 6) is -0.0362. The Bertz CT molecular complexity index is 663. The highest BCUT2D eigenvalue weighted by Gasteiger charge is 2.21. The highest BCUT2D eigenvalue weighted by Crippen LogP contribution is 2.17. The summed E-state index contributed by atoms with van der Waals surface area (Å²) in [7, 11) is 0. The molecule has 1 aromatic carbocycles. The van der Waals surface area contributed by atoms with E-state index in [9.17, 15) is 4.79 Å². The van der Waals surface area contributed by atoms with Gasteiger partial charge in [0, 0.05) is 12.6 Å². The van der Waals surface area contributed by atoms with E-state index in [4.69, 9.17) is 0 Å². The monoisotopic (exact) mass is 334 g/mol. The molecule has 3 rings (SSSR count). The van der Waals surface area contributed by atoms with Crippen LogP contribution in [0.3, 0.4) is 0 Å². The first kappa shape index (κ1) is 17.5. The normalized spacial score (nSPS) is 16.9. The number of carbonyl (C=O) groups is 1. The molecule has 23 heavy (non-hydrogen) atoms. The van der Waals surface area contributed by atoms with Crippen molar-refractivity contribution in [2.45, 2.75) is 32.7 Å². The van der Waals surface area contributed by atoms with Crippen LogP contribution in [-0.2, 0) is 0 Å². The Morgan fingerprint density at radius 3 is 2.74 bits per heavy atom. The average molecular weight is 335 g/mol. The Morgan fingerprint density at radius 1 is 1.35 bits per heavy atom. The molecule has 1 atom stereocenters. The van der Waals surface area contributed by atoms with Gasteiger partial charge in [-0.2, -0.15) is 5.10 Å². The first-order valence-corrected chi connectivity index (χ1v) is 7.80. The van der Waals surface area contributed by atoms with Crippen LogP contribution in [0.4, 0.5) is 0 Å². The van der Waals surface area contributed by atoms with Crippen LogP contribution in [-0.4, -0.2) is 34.8 Å². The smallest absolute Gasteiger partial charge is 0.255 e. The number of halogens is 1. The van der Waals surface area contributed by atoms with Gasteiger partial charge in [-0.05, 0) is 45.4 Å². The molecular weight excluding hydrogens is 312 g/mol. The standard InChI is InChI=1S/C17H22N4O.ClH/c1-12-16(17(22)19-11-14-7-6-10-18-14)13(2)21(20-12)15-8-4-3-5-9-15;/h3-5,8-9,14,18H,6-7,10-11H2,1-2H3,(H,19,22);1H. The van der Waals surface area contributed by atoms with Gasteiger partial charge < -0.3 is 10.6 Å². The molecule has 0 radical (unpaired) electrons. The number of benzene rings is 1. The molecular formula is C17H23ClN4O. The maximum atomic E-state index is 12.5. The molecule has 1 unspecified atom stereocenters. The van der Waals surface area contributed by atoms with Crippen molar-refractivity contribution < 1.29 is 4.79 Å². The summed E-state index contributed by atoms with van der Waals surface area (Å²) in [6.45, 7) is 5.55. The van der Waals surface area contributed by atoms with Crippen molar-refractivity contribution in [2.75, 3.05) is 13.1 Å². The van der Waals surface area contributed by atoms with Crippen molar-refractivity contribution in [3.63, 3.8) is 0 Å². The molecule has 124 valence electrons. The van der Waals surface area contributed by atoms with Gasteiger partial charge >= 0.3 is 0 Å². The molecule has 1 aliphatic rings. The van der Waals surface area contributed by atoms with E-state index in [-0.39, 0.29) is 18.3 Å². The van der Waals surface area contributed by atoms with E-state index in [2.05, 4.69) is 15.7 Å². The van der Waals surface area contributed by atoms with Gasteiger partial charge in [-0.3, -0.25) is 4.79 Å². The maximum absolute atomic E-state index is 12.5. The molecule has 5 nitrogen and oxygen atoms in total. The zero-order chi connectivity index (χ0) is 15.5. The second-order valence-electron chi connectivity index (χ2n) is 5.80. The van der Waals surface area contributed by atoms with Crippen LogP contribution in [0.2, 0.25) is 0 Å². The summed E-state index contributed by atoms with van der Waals surface area (Å²) < 4.78 is 1.83. The van der Waals surface area contributed by atoms with E-state index >= 15 is 0 Å². The number of hydrogen-bond donors (Lipinski definition) is 2. The minimum absolute atomic E-state index is 0. The maximum Gasteiger partial charge on any atom is 0.255 e. The molecule has 2 heterocycles. The van der Waals surface area contributed by atoms with E-state index in [1.54, 1.807) is 0 Å². The second kappa shape index (κ2) is 7.62. The molecule has 1 fully saturated rings. The molecule has 1 aliphatic heterocycles. The summed E-state index contributed by atoms with van der Waals surface area (Å²) in [5.41, 5.74) is 3.29. The van der Waals surface area contributed by atoms with Crippen LogP contribution >= 0.6 is 12.4 Å². The van der Waals surface area contributed by atoms with E-state index in [1.165, 1.54) is 6.42 Å². The molecule has 0 spiro atoms. The van der Waals surface area contributed by atoms with Crippen molar-refractivity contribution in [3.8, 4) is 5.69 Å². The summed E-state index contributed by atoms with van der Waals surface area (Å²) in [4.78, 5) is 12.5. The van der Waals surface area contributed by atoms with Crippen LogP contribution in [0.15, 0.2) is 30.3 Å². The summed E-state index contributed by atoms with van der Waals surface area (Å²) in [6, 6.07) is 10.3. The SMILES string of the molecule is Cc1nn(-c2ccccc2)c(C)c1C(=O)NCC1CCCN1.Cl. The highest BCUT2D eigenvalue weighted by molar-refractivity contribution is 5.96. The highest BCUT2D eigenvalue weighted by atomic mass is 35.5. The van der Waals surface area contributed by atoms with Gasteiger partial charge in [0.25, 0.3) is 5.91 Å². The molecule has 2 aromatic rings. The number of nitrogens with one attached hydrogen (secondary N) is 2. The number of carbonyl (C=O) groups excluding carboxylic acids is 1. The molecule has 0 aliphatic carbocycles. The van der Waals surface area contributed by atoms with Crippen LogP contribution in [0.5, 0.6) is 0 Å². The zero-order valence-corrected chi connectivity index (χ0v) is 14.3. The van der Waals surface area contributed by atoms with Gasteiger partial charge in [0.05, 0.1) is 22.6 Å². The van der Waals surface area contributed by atoms with Gasteiger partial charge in [-0.25, -0.2) is 4.68 Å². The fraction of sp³-hybridized carbons (Fsp3) is 0.412. The van der Waals surface area contributed by atoms with Gasteiger partial charge in [0.1, 0.15) is 0 Å². The van der Waals surface area contributed by atoms with Gasteiger partial charge in [0.2, 0.25) is 0 Å². The molecule has 1 amide bonds. The predicted octanol–water partition coefficient (Wildman–Crippen LogP) is 2.39. The largest absolute Gasteiger partial charge is 0.350 e. The number of amides is 1. The topological polar surface area (TPSA) is 59.0 Å². The van der Waals surface area contributed by atoms with Crippen LogP contribution in [0.25, 0.3) is 5.69 Å². The van der Waals surface area contributed by atoms with Crippen molar-refractivity contribution >= 4 is 18.3 Å². The van der Waals surface area contributed by atoms with Crippen molar-refractivity contribution in [1.82, 2.24) is 20.4 Å². The average Bonchev–Trinajstić information content (AvgIpc) is 3.14. The second-order valence-corrected chi connectivity index (χ2v) is 5.80. The molecule has 2 N–H and O–H groups in total. The summed E-state index contributed by atoms with van der Waals surface area (Å²) in [6.07, 6.45) is 2.31. The molecule has 6 heteroatoms. The van der Waals surface area contributed by atoms with Crippen molar-refractivity contribution in [3.05, 3.63) is 47.3 Å². The fourth-order valence-electron chi connectivity index (χ4n) is 3.03. The minimum atomic E-state index is -0.0362. The van der Waals surface area contributed by atoms with Crippen molar-refractivity contribution in [1.29, 1.82) is 0 Å². The number of nitrogens with zero attached hydrogens (tertiary/aromatic N) is 2. The number of rotatable bonds is 4. The third-order valence-corrected chi connectivity index (χ3v) is 4.19. The third-order valence-electron chi connectivity index (χ3n) is 4.19. The lowest BCUT2D eigenvalue weighted by molar-refractivity contribution is 0.0949. The quantitative estimate of drug-likeness (QED) is 0.902. The van der Waals surface area contributed by atoms with Crippen LogP contribution in [0.1, 0.15) is 34.6 Å². The first-order valence-electron chi connectivity index (χ1n) is 7.80. The van der Waals surface area contributed by atoms with E-state index < -0.39 is 0 Å². The lowest BCUT2D eigenvalue weighted by Gasteiger charge is -2.11. The number of aromatic nitrogens is 2. The Hall–Kier alpha value is -1.85. The molecule has 0 saturated carbocycles. The predicted molar refractivity (Wildman–Crippen MR) is 93.6 cm³/mol. The Morgan fingerprint density at radius 2 is 2.09 bits per heavy atom. The Balaban J connectivity index is 0.00000192. The Kier molecular flexibility index (Phi) is 5.80. The van der Waals surface area contributed by atoms with E-state index in [1.807, 2.05) is 48.9 Å². The summed E-state index contributed by atoms with van der Waals surface area (Å²) in [5, 5.41) is 10.9. The number of hydrogen-bond acceptors (Lipinski definition) is 3. The number of para-hydroxylation sites is 1. The lowest BCUT2D eigenvalue weighted by atomic mass is 10.1. The summed E-state index contributed by atoms with van der Waals surface area (Å²) >= 11 is 0. The fourth-order valence-corrected chi connectivity index (χ4v) is 3.03. The molecule has 0 bridgehead atoms. The van der Waals surface area contributed by atoms with Gasteiger partial charge in [-0.15, -0.1) is 12.4 Å². The van der Waals surface area contributed by atoms with Crippen molar-refractivity contribution in [2.24, 2.45) is 0 Å².